The number of aldehydes is 1. The molecule has 5 aromatic rings. The Morgan fingerprint density at radius 3 is 1.68 bits per heavy atom. The number of pyridine rings is 2. The highest BCUT2D eigenvalue weighted by molar-refractivity contribution is 6.31. The maximum absolute atomic E-state index is 14.4. The predicted octanol–water partition coefficient (Wildman–Crippen LogP) is 7.71. The van der Waals surface area contributed by atoms with Crippen LogP contribution in [0.4, 0.5) is 17.6 Å². The quantitative estimate of drug-likeness (QED) is 0.139. The fourth-order valence-corrected chi connectivity index (χ4v) is 5.14. The Balaban J connectivity index is 0.000000204. The summed E-state index contributed by atoms with van der Waals surface area (Å²) in [4.78, 5) is 39.4. The van der Waals surface area contributed by atoms with Gasteiger partial charge in [0, 0.05) is 24.2 Å². The summed E-state index contributed by atoms with van der Waals surface area (Å²) in [7, 11) is 0. The lowest BCUT2D eigenvalue weighted by Gasteiger charge is -2.17. The predicted molar refractivity (Wildman–Crippen MR) is 159 cm³/mol. The highest BCUT2D eigenvalue weighted by Crippen LogP contribution is 2.37. The van der Waals surface area contributed by atoms with Crippen LogP contribution in [-0.2, 0) is 13.1 Å². The van der Waals surface area contributed by atoms with Gasteiger partial charge in [0.1, 0.15) is 33.3 Å². The molecule has 0 fully saturated rings. The van der Waals surface area contributed by atoms with Crippen molar-refractivity contribution in [3.8, 4) is 33.8 Å². The van der Waals surface area contributed by atoms with Crippen LogP contribution in [-0.4, -0.2) is 20.4 Å². The summed E-state index contributed by atoms with van der Waals surface area (Å²) in [6.45, 7) is 5.31. The van der Waals surface area contributed by atoms with Crippen LogP contribution in [0.3, 0.4) is 0 Å². The van der Waals surface area contributed by atoms with Gasteiger partial charge < -0.3 is 13.6 Å². The molecule has 5 rings (SSSR count). The van der Waals surface area contributed by atoms with Gasteiger partial charge in [-0.05, 0) is 57.2 Å². The zero-order valence-corrected chi connectivity index (χ0v) is 24.9. The molecule has 0 amide bonds. The van der Waals surface area contributed by atoms with E-state index in [1.165, 1.54) is 29.2 Å². The first kappa shape index (κ1) is 32.4. The number of carbonyl (C=O) groups is 1. The van der Waals surface area contributed by atoms with Crippen LogP contribution >= 0.6 is 23.2 Å². The summed E-state index contributed by atoms with van der Waals surface area (Å²) in [6.07, 6.45) is 1.64. The van der Waals surface area contributed by atoms with E-state index in [1.54, 1.807) is 20.8 Å². The van der Waals surface area contributed by atoms with E-state index in [-0.39, 0.29) is 45.6 Å². The van der Waals surface area contributed by atoms with Crippen molar-refractivity contribution < 1.29 is 26.8 Å². The van der Waals surface area contributed by atoms with E-state index in [1.807, 2.05) is 0 Å². The molecule has 0 spiro atoms. The van der Waals surface area contributed by atoms with Crippen molar-refractivity contribution in [2.75, 3.05) is 0 Å². The fraction of sp³-hybridized carbons (Fsp3) is 0.161. The van der Waals surface area contributed by atoms with Crippen molar-refractivity contribution in [1.29, 1.82) is 0 Å². The van der Waals surface area contributed by atoms with E-state index in [9.17, 15) is 31.9 Å². The average Bonchev–Trinajstić information content (AvgIpc) is 3.42. The molecule has 0 aliphatic carbocycles. The maximum atomic E-state index is 14.4. The van der Waals surface area contributed by atoms with E-state index >= 15 is 0 Å². The van der Waals surface area contributed by atoms with Crippen LogP contribution in [0.1, 0.15) is 29.9 Å². The van der Waals surface area contributed by atoms with E-state index in [0.29, 0.717) is 23.3 Å². The number of aryl methyl sites for hydroxylation is 1. The summed E-state index contributed by atoms with van der Waals surface area (Å²) in [5, 5.41) is -0.238. The number of hydrogen-bond donors (Lipinski definition) is 0. The van der Waals surface area contributed by atoms with E-state index in [4.69, 9.17) is 27.6 Å². The standard InChI is InChI=1S/C17H13ClF2N2O2.C14H10ClF2NO2/c1-3-22-15(14-12(19)5-4-6-13(14)20)10(7-11(18)17(22)23)16-9(2)21-8-24-16;1-2-18-13(8(7-19)6-9(15)14(18)20)12-10(16)4-3-5-11(12)17/h4-8H,3H2,1-2H3;3-7H,2H2,1H3. The van der Waals surface area contributed by atoms with Gasteiger partial charge >= 0.3 is 0 Å². The van der Waals surface area contributed by atoms with E-state index in [0.717, 1.165) is 34.9 Å². The number of oxazole rings is 1. The number of benzene rings is 2. The molecule has 228 valence electrons. The van der Waals surface area contributed by atoms with Gasteiger partial charge in [-0.1, -0.05) is 35.3 Å². The van der Waals surface area contributed by atoms with Crippen molar-refractivity contribution in [3.63, 3.8) is 0 Å². The summed E-state index contributed by atoms with van der Waals surface area (Å²) in [5.74, 6) is -2.96. The zero-order chi connectivity index (χ0) is 32.3. The molecule has 0 N–H and O–H groups in total. The molecule has 7 nitrogen and oxygen atoms in total. The Morgan fingerprint density at radius 2 is 1.25 bits per heavy atom. The lowest BCUT2D eigenvalue weighted by Crippen LogP contribution is -2.23. The van der Waals surface area contributed by atoms with Crippen LogP contribution in [0.15, 0.2) is 68.9 Å². The Hall–Kier alpha value is -4.48. The van der Waals surface area contributed by atoms with Gasteiger partial charge in [0.15, 0.2) is 18.4 Å². The molecular weight excluding hydrogens is 625 g/mol. The van der Waals surface area contributed by atoms with Crippen LogP contribution < -0.4 is 11.1 Å². The third-order valence-electron chi connectivity index (χ3n) is 6.67. The minimum atomic E-state index is -0.850. The molecule has 3 heterocycles. The molecule has 0 bridgehead atoms. The second kappa shape index (κ2) is 13.4. The van der Waals surface area contributed by atoms with Crippen LogP contribution in [0.5, 0.6) is 0 Å². The van der Waals surface area contributed by atoms with Crippen LogP contribution in [0.2, 0.25) is 10.0 Å². The van der Waals surface area contributed by atoms with Crippen molar-refractivity contribution in [2.45, 2.75) is 33.9 Å². The summed E-state index contributed by atoms with van der Waals surface area (Å²) in [6, 6.07) is 9.33. The molecule has 0 radical (unpaired) electrons. The molecule has 44 heavy (non-hydrogen) atoms. The number of rotatable bonds is 6. The van der Waals surface area contributed by atoms with Gasteiger partial charge in [0.2, 0.25) is 0 Å². The van der Waals surface area contributed by atoms with Crippen LogP contribution in [0, 0.1) is 30.2 Å². The molecule has 3 aromatic heterocycles. The Labute approximate surface area is 257 Å². The Kier molecular flexibility index (Phi) is 9.91. The van der Waals surface area contributed by atoms with Gasteiger partial charge in [0.05, 0.1) is 28.2 Å². The average molecular weight is 648 g/mol. The number of nitrogens with zero attached hydrogens (tertiary/aromatic N) is 3. The molecule has 0 atom stereocenters. The molecule has 0 aliphatic heterocycles. The molecule has 0 aliphatic rings. The van der Waals surface area contributed by atoms with Gasteiger partial charge in [-0.15, -0.1) is 0 Å². The molecule has 0 saturated heterocycles. The van der Waals surface area contributed by atoms with E-state index < -0.39 is 40.0 Å². The van der Waals surface area contributed by atoms with Crippen molar-refractivity contribution in [1.82, 2.24) is 14.1 Å². The second-order valence-electron chi connectivity index (χ2n) is 9.23. The highest BCUT2D eigenvalue weighted by Gasteiger charge is 2.25. The number of hydrogen-bond acceptors (Lipinski definition) is 5. The lowest BCUT2D eigenvalue weighted by atomic mass is 10.0. The number of aromatic nitrogens is 3. The third kappa shape index (κ3) is 5.97. The minimum absolute atomic E-state index is 0.0412. The minimum Gasteiger partial charge on any atom is -0.443 e. The molecule has 2 aromatic carbocycles. The normalized spacial score (nSPS) is 10.8. The fourth-order valence-electron chi connectivity index (χ4n) is 4.71. The first-order chi connectivity index (χ1) is 21.0. The molecule has 0 unspecified atom stereocenters. The smallest absolute Gasteiger partial charge is 0.269 e. The Bertz CT molecular complexity index is 1960. The monoisotopic (exact) mass is 647 g/mol. The maximum Gasteiger partial charge on any atom is 0.269 e. The number of halogens is 6. The van der Waals surface area contributed by atoms with Crippen molar-refractivity contribution in [3.05, 3.63) is 120 Å². The topological polar surface area (TPSA) is 87.1 Å². The van der Waals surface area contributed by atoms with E-state index in [2.05, 4.69) is 4.98 Å². The summed E-state index contributed by atoms with van der Waals surface area (Å²) < 4.78 is 64.2. The second-order valence-corrected chi connectivity index (χ2v) is 10.0. The van der Waals surface area contributed by atoms with Gasteiger partial charge in [-0.25, -0.2) is 22.5 Å². The summed E-state index contributed by atoms with van der Waals surface area (Å²) in [5.41, 5.74) is -1.10. The number of carbonyl (C=O) groups excluding carboxylic acids is 1. The molecular formula is C31H23Cl2F4N3O4. The highest BCUT2D eigenvalue weighted by atomic mass is 35.5. The third-order valence-corrected chi connectivity index (χ3v) is 7.21. The lowest BCUT2D eigenvalue weighted by molar-refractivity contribution is 0.112. The van der Waals surface area contributed by atoms with Gasteiger partial charge in [-0.3, -0.25) is 14.4 Å². The van der Waals surface area contributed by atoms with Gasteiger partial charge in [-0.2, -0.15) is 0 Å². The SMILES string of the molecule is CCn1c(-c2c(F)cccc2F)c(-c2ocnc2C)cc(Cl)c1=O.CCn1c(-c2c(F)cccc2F)c(C=O)cc(Cl)c1=O. The first-order valence-electron chi connectivity index (χ1n) is 13.1. The summed E-state index contributed by atoms with van der Waals surface area (Å²) >= 11 is 11.8. The van der Waals surface area contributed by atoms with Crippen molar-refractivity contribution >= 4 is 29.5 Å². The largest absolute Gasteiger partial charge is 0.443 e. The molecule has 13 heteroatoms. The van der Waals surface area contributed by atoms with Crippen LogP contribution in [0.25, 0.3) is 33.8 Å². The van der Waals surface area contributed by atoms with Gasteiger partial charge in [0.25, 0.3) is 11.1 Å². The Morgan fingerprint density at radius 1 is 0.795 bits per heavy atom. The van der Waals surface area contributed by atoms with Crippen molar-refractivity contribution in [2.24, 2.45) is 0 Å². The first-order valence-corrected chi connectivity index (χ1v) is 13.8. The zero-order valence-electron chi connectivity index (χ0n) is 23.4. The molecule has 0 saturated carbocycles.